The molecule has 3 nitrogen and oxygen atoms in total. The summed E-state index contributed by atoms with van der Waals surface area (Å²) >= 11 is 0. The lowest BCUT2D eigenvalue weighted by atomic mass is 10.1. The maximum atomic E-state index is 11.8. The van der Waals surface area contributed by atoms with E-state index in [0.717, 1.165) is 12.8 Å². The van der Waals surface area contributed by atoms with Gasteiger partial charge in [0.15, 0.2) is 0 Å². The van der Waals surface area contributed by atoms with Crippen LogP contribution in [-0.4, -0.2) is 5.91 Å². The lowest BCUT2D eigenvalue weighted by Crippen LogP contribution is -2.10. The molecule has 0 spiro atoms. The number of benzene rings is 1. The number of hydrogen-bond acceptors (Lipinski definition) is 1. The highest BCUT2D eigenvalue weighted by Gasteiger charge is 2.06. The van der Waals surface area contributed by atoms with Crippen molar-refractivity contribution in [2.24, 2.45) is 0 Å². The van der Waals surface area contributed by atoms with Crippen LogP contribution in [0.15, 0.2) is 24.3 Å². The molecule has 1 N–H and O–H groups in total. The zero-order valence-electron chi connectivity index (χ0n) is 14.6. The Balaban J connectivity index is 1.93. The van der Waals surface area contributed by atoms with E-state index in [4.69, 9.17) is 0 Å². The molecule has 1 aromatic carbocycles. The van der Waals surface area contributed by atoms with Crippen LogP contribution in [0.25, 0.3) is 0 Å². The van der Waals surface area contributed by atoms with Crippen molar-refractivity contribution in [3.8, 4) is 5.75 Å². The van der Waals surface area contributed by atoms with Gasteiger partial charge in [-0.25, -0.2) is 0 Å². The molecular formula is C20H32NO2. The van der Waals surface area contributed by atoms with Crippen LogP contribution in [0, 0.1) is 0 Å². The molecule has 0 unspecified atom stereocenters. The summed E-state index contributed by atoms with van der Waals surface area (Å²) in [6.07, 6.45) is 14.5. The fourth-order valence-electron chi connectivity index (χ4n) is 2.73. The van der Waals surface area contributed by atoms with Crippen molar-refractivity contribution in [1.82, 2.24) is 0 Å². The smallest absolute Gasteiger partial charge is 0.224 e. The highest BCUT2D eigenvalue weighted by Crippen LogP contribution is 2.22. The maximum Gasteiger partial charge on any atom is 0.224 e. The van der Waals surface area contributed by atoms with E-state index in [2.05, 4.69) is 12.2 Å². The molecule has 0 saturated heterocycles. The average Bonchev–Trinajstić information content (AvgIpc) is 2.55. The van der Waals surface area contributed by atoms with E-state index in [1.54, 1.807) is 18.2 Å². The molecule has 3 heteroatoms. The second kappa shape index (κ2) is 13.0. The van der Waals surface area contributed by atoms with Crippen molar-refractivity contribution in [2.45, 2.75) is 84.0 Å². The highest BCUT2D eigenvalue weighted by molar-refractivity contribution is 5.92. The molecule has 0 aromatic heterocycles. The molecule has 0 aliphatic carbocycles. The SMILES string of the molecule is CCCCCCCCCCCCCC(=O)Nc1ccccc1[O]. The number of rotatable bonds is 13. The normalized spacial score (nSPS) is 10.7. The van der Waals surface area contributed by atoms with Gasteiger partial charge in [0.1, 0.15) is 0 Å². The molecule has 0 heterocycles. The van der Waals surface area contributed by atoms with Crippen molar-refractivity contribution in [2.75, 3.05) is 5.32 Å². The fourth-order valence-corrected chi connectivity index (χ4v) is 2.73. The monoisotopic (exact) mass is 318 g/mol. The fraction of sp³-hybridized carbons (Fsp3) is 0.650. The van der Waals surface area contributed by atoms with Gasteiger partial charge < -0.3 is 5.32 Å². The summed E-state index contributed by atoms with van der Waals surface area (Å²) in [6.45, 7) is 2.25. The quantitative estimate of drug-likeness (QED) is 0.416. The number of unbranched alkanes of at least 4 members (excludes halogenated alkanes) is 10. The summed E-state index contributed by atoms with van der Waals surface area (Å²) in [5.74, 6) is -0.177. The van der Waals surface area contributed by atoms with E-state index in [1.807, 2.05) is 0 Å². The number of hydrogen-bond donors (Lipinski definition) is 1. The van der Waals surface area contributed by atoms with Crippen LogP contribution < -0.4 is 5.32 Å². The Morgan fingerprint density at radius 2 is 1.35 bits per heavy atom. The number of anilines is 1. The van der Waals surface area contributed by atoms with Crippen LogP contribution in [0.3, 0.4) is 0 Å². The van der Waals surface area contributed by atoms with Crippen LogP contribution in [0.5, 0.6) is 5.75 Å². The minimum atomic E-state index is -0.125. The molecule has 0 aliphatic heterocycles. The number of nitrogens with one attached hydrogen (secondary N) is 1. The Kier molecular flexibility index (Phi) is 11.0. The molecule has 129 valence electrons. The Labute approximate surface area is 141 Å². The molecule has 0 fully saturated rings. The number of carbonyl (C=O) groups is 1. The molecule has 23 heavy (non-hydrogen) atoms. The van der Waals surface area contributed by atoms with Crippen LogP contribution >= 0.6 is 0 Å². The first kappa shape index (κ1) is 19.5. The number of para-hydroxylation sites is 2. The van der Waals surface area contributed by atoms with Crippen molar-refractivity contribution in [3.05, 3.63) is 24.3 Å². The molecule has 0 aliphatic rings. The van der Waals surface area contributed by atoms with Crippen molar-refractivity contribution < 1.29 is 9.90 Å². The van der Waals surface area contributed by atoms with Gasteiger partial charge in [-0.05, 0) is 18.6 Å². The van der Waals surface area contributed by atoms with Gasteiger partial charge in [0.2, 0.25) is 11.7 Å². The largest absolute Gasteiger partial charge is 0.323 e. The minimum Gasteiger partial charge on any atom is -0.323 e. The summed E-state index contributed by atoms with van der Waals surface area (Å²) in [7, 11) is 0. The van der Waals surface area contributed by atoms with Crippen molar-refractivity contribution >= 4 is 11.6 Å². The van der Waals surface area contributed by atoms with E-state index in [0.29, 0.717) is 12.1 Å². The van der Waals surface area contributed by atoms with Gasteiger partial charge in [0, 0.05) is 6.42 Å². The van der Waals surface area contributed by atoms with Crippen LogP contribution in [0.2, 0.25) is 0 Å². The summed E-state index contributed by atoms with van der Waals surface area (Å²) in [5.41, 5.74) is 0.389. The number of carbonyl (C=O) groups excluding carboxylic acids is 1. The van der Waals surface area contributed by atoms with E-state index >= 15 is 0 Å². The van der Waals surface area contributed by atoms with E-state index in [1.165, 1.54) is 63.9 Å². The summed E-state index contributed by atoms with van der Waals surface area (Å²) in [6, 6.07) is 6.57. The first-order valence-corrected chi connectivity index (χ1v) is 9.30. The standard InChI is InChI=1S/C20H32NO2/c1-2-3-4-5-6-7-8-9-10-11-12-17-20(23)21-18-15-13-14-16-19(18)22/h13-16H,2-12,17H2,1H3,(H,21,23). The molecule has 0 bridgehead atoms. The Morgan fingerprint density at radius 3 is 1.91 bits per heavy atom. The Bertz CT molecular complexity index is 431. The van der Waals surface area contributed by atoms with E-state index < -0.39 is 0 Å². The molecule has 1 aromatic rings. The highest BCUT2D eigenvalue weighted by atomic mass is 16.3. The maximum absolute atomic E-state index is 11.8. The lowest BCUT2D eigenvalue weighted by Gasteiger charge is -2.06. The average molecular weight is 318 g/mol. The zero-order chi connectivity index (χ0) is 16.8. The molecule has 0 atom stereocenters. The van der Waals surface area contributed by atoms with Gasteiger partial charge in [-0.1, -0.05) is 83.3 Å². The van der Waals surface area contributed by atoms with Gasteiger partial charge in [0.25, 0.3) is 0 Å². The summed E-state index contributed by atoms with van der Waals surface area (Å²) in [4.78, 5) is 11.8. The van der Waals surface area contributed by atoms with Crippen LogP contribution in [0.1, 0.15) is 84.0 Å². The number of amides is 1. The molecular weight excluding hydrogens is 286 g/mol. The van der Waals surface area contributed by atoms with Crippen LogP contribution in [-0.2, 0) is 9.90 Å². The van der Waals surface area contributed by atoms with Crippen molar-refractivity contribution in [3.63, 3.8) is 0 Å². The topological polar surface area (TPSA) is 49.0 Å². The van der Waals surface area contributed by atoms with E-state index in [-0.39, 0.29) is 11.7 Å². The molecule has 1 radical (unpaired) electrons. The Hall–Kier alpha value is -1.51. The minimum absolute atomic E-state index is 0.0516. The van der Waals surface area contributed by atoms with Crippen molar-refractivity contribution in [1.29, 1.82) is 0 Å². The van der Waals surface area contributed by atoms with Gasteiger partial charge >= 0.3 is 0 Å². The Morgan fingerprint density at radius 1 is 0.826 bits per heavy atom. The van der Waals surface area contributed by atoms with Gasteiger partial charge in [0.05, 0.1) is 5.69 Å². The summed E-state index contributed by atoms with van der Waals surface area (Å²) < 4.78 is 0. The van der Waals surface area contributed by atoms with Gasteiger partial charge in [-0.15, -0.1) is 0 Å². The van der Waals surface area contributed by atoms with Gasteiger partial charge in [-0.2, -0.15) is 0 Å². The third-order valence-corrected chi connectivity index (χ3v) is 4.17. The van der Waals surface area contributed by atoms with Crippen LogP contribution in [0.4, 0.5) is 5.69 Å². The third kappa shape index (κ3) is 9.98. The first-order chi connectivity index (χ1) is 11.2. The summed E-state index contributed by atoms with van der Waals surface area (Å²) in [5, 5.41) is 14.2. The molecule has 1 amide bonds. The van der Waals surface area contributed by atoms with E-state index in [9.17, 15) is 9.90 Å². The predicted molar refractivity (Wildman–Crippen MR) is 96.3 cm³/mol. The lowest BCUT2D eigenvalue weighted by molar-refractivity contribution is -0.116. The second-order valence-corrected chi connectivity index (χ2v) is 6.33. The molecule has 0 saturated carbocycles. The second-order valence-electron chi connectivity index (χ2n) is 6.33. The molecule has 1 rings (SSSR count). The van der Waals surface area contributed by atoms with Gasteiger partial charge in [-0.3, -0.25) is 9.90 Å². The zero-order valence-corrected chi connectivity index (χ0v) is 14.6. The predicted octanol–water partition coefficient (Wildman–Crippen LogP) is 6.47. The third-order valence-electron chi connectivity index (χ3n) is 4.17. The first-order valence-electron chi connectivity index (χ1n) is 9.30.